The summed E-state index contributed by atoms with van der Waals surface area (Å²) >= 11 is 1.60. The third-order valence-corrected chi connectivity index (χ3v) is 4.66. The van der Waals surface area contributed by atoms with Gasteiger partial charge >= 0.3 is 0 Å². The predicted molar refractivity (Wildman–Crippen MR) is 88.8 cm³/mol. The van der Waals surface area contributed by atoms with Crippen LogP contribution in [0.3, 0.4) is 0 Å². The second-order valence-electron chi connectivity index (χ2n) is 5.72. The molecule has 122 valence electrons. The predicted octanol–water partition coefficient (Wildman–Crippen LogP) is 2.63. The Morgan fingerprint density at radius 2 is 2.22 bits per heavy atom. The molecule has 1 amide bonds. The van der Waals surface area contributed by atoms with E-state index < -0.39 is 6.10 Å². The molecule has 3 rings (SSSR count). The summed E-state index contributed by atoms with van der Waals surface area (Å²) in [6.45, 7) is 3.51. The van der Waals surface area contributed by atoms with E-state index in [1.165, 1.54) is 0 Å². The van der Waals surface area contributed by atoms with Crippen LogP contribution in [-0.2, 0) is 6.61 Å². The lowest BCUT2D eigenvalue weighted by Gasteiger charge is -2.30. The van der Waals surface area contributed by atoms with Crippen molar-refractivity contribution in [3.8, 4) is 5.75 Å². The van der Waals surface area contributed by atoms with Gasteiger partial charge in [-0.2, -0.15) is 0 Å². The minimum Gasteiger partial charge on any atom is -0.487 e. The number of aliphatic hydroxyl groups is 1. The lowest BCUT2D eigenvalue weighted by atomic mass is 10.1. The van der Waals surface area contributed by atoms with Crippen molar-refractivity contribution in [3.05, 3.63) is 45.9 Å². The average Bonchev–Trinajstić information content (AvgIpc) is 2.98. The lowest BCUT2D eigenvalue weighted by Crippen LogP contribution is -2.42. The maximum Gasteiger partial charge on any atom is 0.253 e. The topological polar surface area (TPSA) is 62.7 Å². The molecule has 0 spiro atoms. The second kappa shape index (κ2) is 7.10. The highest BCUT2D eigenvalue weighted by molar-refractivity contribution is 7.09. The van der Waals surface area contributed by atoms with Crippen molar-refractivity contribution < 1.29 is 14.6 Å². The molecule has 1 N–H and O–H groups in total. The van der Waals surface area contributed by atoms with E-state index in [4.69, 9.17) is 4.74 Å². The molecule has 1 aromatic heterocycles. The van der Waals surface area contributed by atoms with E-state index in [0.29, 0.717) is 31.0 Å². The van der Waals surface area contributed by atoms with Crippen molar-refractivity contribution in [1.82, 2.24) is 9.88 Å². The highest BCUT2D eigenvalue weighted by atomic mass is 32.1. The summed E-state index contributed by atoms with van der Waals surface area (Å²) in [5, 5.41) is 12.7. The first-order chi connectivity index (χ1) is 11.1. The molecule has 5 nitrogen and oxygen atoms in total. The Kier molecular flexibility index (Phi) is 4.93. The number of β-amino-alcohol motifs (C(OH)–C–C–N with tert-alkyl or cyclic N) is 1. The van der Waals surface area contributed by atoms with Crippen molar-refractivity contribution in [2.24, 2.45) is 0 Å². The number of aliphatic hydroxyl groups excluding tert-OH is 1. The van der Waals surface area contributed by atoms with E-state index in [-0.39, 0.29) is 5.91 Å². The number of carbonyl (C=O) groups is 1. The monoisotopic (exact) mass is 332 g/mol. The van der Waals surface area contributed by atoms with Gasteiger partial charge in [-0.15, -0.1) is 11.3 Å². The van der Waals surface area contributed by atoms with E-state index in [1.807, 2.05) is 12.3 Å². The van der Waals surface area contributed by atoms with Crippen LogP contribution < -0.4 is 4.74 Å². The summed E-state index contributed by atoms with van der Waals surface area (Å²) in [5.74, 6) is 0.677. The fourth-order valence-electron chi connectivity index (χ4n) is 2.65. The Hall–Kier alpha value is -1.92. The number of piperidine rings is 1. The van der Waals surface area contributed by atoms with Gasteiger partial charge in [0.1, 0.15) is 12.4 Å². The van der Waals surface area contributed by atoms with Crippen molar-refractivity contribution >= 4 is 17.2 Å². The molecule has 1 fully saturated rings. The number of nitrogens with zero attached hydrogens (tertiary/aromatic N) is 2. The van der Waals surface area contributed by atoms with Gasteiger partial charge in [0.15, 0.2) is 0 Å². The van der Waals surface area contributed by atoms with Gasteiger partial charge in [0.2, 0.25) is 0 Å². The molecule has 23 heavy (non-hydrogen) atoms. The van der Waals surface area contributed by atoms with Gasteiger partial charge in [-0.1, -0.05) is 0 Å². The maximum absolute atomic E-state index is 12.4. The van der Waals surface area contributed by atoms with Crippen LogP contribution in [0.15, 0.2) is 29.6 Å². The number of aryl methyl sites for hydroxylation is 1. The summed E-state index contributed by atoms with van der Waals surface area (Å²) in [4.78, 5) is 18.5. The molecule has 2 aromatic rings. The first-order valence-electron chi connectivity index (χ1n) is 7.73. The number of hydrogen-bond donors (Lipinski definition) is 1. The molecular formula is C17H20N2O3S. The zero-order valence-corrected chi connectivity index (χ0v) is 13.9. The summed E-state index contributed by atoms with van der Waals surface area (Å²) < 4.78 is 5.68. The quantitative estimate of drug-likeness (QED) is 0.935. The van der Waals surface area contributed by atoms with Crippen LogP contribution in [0.5, 0.6) is 5.75 Å². The van der Waals surface area contributed by atoms with Crippen LogP contribution in [0.2, 0.25) is 0 Å². The largest absolute Gasteiger partial charge is 0.487 e. The average molecular weight is 332 g/mol. The number of likely N-dealkylation sites (tertiary alicyclic amines) is 1. The van der Waals surface area contributed by atoms with Gasteiger partial charge in [0, 0.05) is 24.0 Å². The zero-order chi connectivity index (χ0) is 16.2. The molecule has 2 heterocycles. The SMILES string of the molecule is Cc1nc(COc2ccc(C(=O)N3CCC[C@H](O)C3)cc2)cs1. The van der Waals surface area contributed by atoms with Crippen molar-refractivity contribution in [3.63, 3.8) is 0 Å². The molecule has 1 aliphatic rings. The Balaban J connectivity index is 1.59. The highest BCUT2D eigenvalue weighted by Gasteiger charge is 2.22. The van der Waals surface area contributed by atoms with Crippen molar-refractivity contribution in [1.29, 1.82) is 0 Å². The number of rotatable bonds is 4. The fraction of sp³-hybridized carbons (Fsp3) is 0.412. The Morgan fingerprint density at radius 3 is 2.87 bits per heavy atom. The van der Waals surface area contributed by atoms with Gasteiger partial charge in [-0.25, -0.2) is 4.98 Å². The molecule has 0 bridgehead atoms. The van der Waals surface area contributed by atoms with Gasteiger partial charge in [-0.05, 0) is 44.0 Å². The molecule has 0 aliphatic carbocycles. The highest BCUT2D eigenvalue weighted by Crippen LogP contribution is 2.18. The van der Waals surface area contributed by atoms with Crippen LogP contribution in [0.1, 0.15) is 33.9 Å². The smallest absolute Gasteiger partial charge is 0.253 e. The molecule has 1 saturated heterocycles. The molecule has 0 radical (unpaired) electrons. The Morgan fingerprint density at radius 1 is 1.43 bits per heavy atom. The number of aromatic nitrogens is 1. The first kappa shape index (κ1) is 16.0. The molecule has 1 aromatic carbocycles. The summed E-state index contributed by atoms with van der Waals surface area (Å²) in [6, 6.07) is 7.13. The van der Waals surface area contributed by atoms with Crippen LogP contribution in [0.4, 0.5) is 0 Å². The van der Waals surface area contributed by atoms with Gasteiger partial charge in [-0.3, -0.25) is 4.79 Å². The van der Waals surface area contributed by atoms with Gasteiger partial charge in [0.05, 0.1) is 16.8 Å². The third-order valence-electron chi connectivity index (χ3n) is 3.84. The van der Waals surface area contributed by atoms with Gasteiger partial charge in [0.25, 0.3) is 5.91 Å². The van der Waals surface area contributed by atoms with E-state index in [1.54, 1.807) is 40.5 Å². The first-order valence-corrected chi connectivity index (χ1v) is 8.61. The molecule has 1 atom stereocenters. The summed E-state index contributed by atoms with van der Waals surface area (Å²) in [7, 11) is 0. The van der Waals surface area contributed by atoms with E-state index in [0.717, 1.165) is 23.5 Å². The van der Waals surface area contributed by atoms with Crippen LogP contribution >= 0.6 is 11.3 Å². The number of ether oxygens (including phenoxy) is 1. The Labute approximate surface area is 139 Å². The van der Waals surface area contributed by atoms with E-state index >= 15 is 0 Å². The minimum atomic E-state index is -0.406. The van der Waals surface area contributed by atoms with Gasteiger partial charge < -0.3 is 14.7 Å². The number of amides is 1. The Bertz CT molecular complexity index is 669. The summed E-state index contributed by atoms with van der Waals surface area (Å²) in [5.41, 5.74) is 1.53. The number of carbonyl (C=O) groups excluding carboxylic acids is 1. The van der Waals surface area contributed by atoms with Crippen LogP contribution in [0, 0.1) is 6.92 Å². The number of benzene rings is 1. The molecule has 0 saturated carbocycles. The second-order valence-corrected chi connectivity index (χ2v) is 6.78. The van der Waals surface area contributed by atoms with Crippen LogP contribution in [-0.4, -0.2) is 40.1 Å². The zero-order valence-electron chi connectivity index (χ0n) is 13.1. The number of hydrogen-bond acceptors (Lipinski definition) is 5. The van der Waals surface area contributed by atoms with Crippen molar-refractivity contribution in [2.45, 2.75) is 32.5 Å². The van der Waals surface area contributed by atoms with E-state index in [2.05, 4.69) is 4.98 Å². The third kappa shape index (κ3) is 4.09. The van der Waals surface area contributed by atoms with E-state index in [9.17, 15) is 9.90 Å². The molecule has 0 unspecified atom stereocenters. The van der Waals surface area contributed by atoms with Crippen LogP contribution in [0.25, 0.3) is 0 Å². The number of thiazole rings is 1. The fourth-order valence-corrected chi connectivity index (χ4v) is 3.24. The standard InChI is InChI=1S/C17H20N2O3S/c1-12-18-14(11-23-12)10-22-16-6-4-13(5-7-16)17(21)19-8-2-3-15(20)9-19/h4-7,11,15,20H,2-3,8-10H2,1H3/t15-/m0/s1. The maximum atomic E-state index is 12.4. The summed E-state index contributed by atoms with van der Waals surface area (Å²) in [6.07, 6.45) is 1.21. The molecular weight excluding hydrogens is 312 g/mol. The normalized spacial score (nSPS) is 18.0. The molecule has 6 heteroatoms. The molecule has 1 aliphatic heterocycles. The minimum absolute atomic E-state index is 0.0366. The lowest BCUT2D eigenvalue weighted by molar-refractivity contribution is 0.0473. The van der Waals surface area contributed by atoms with Crippen molar-refractivity contribution in [2.75, 3.05) is 13.1 Å².